The fraction of sp³-hybridized carbons (Fsp3) is 0.391. The van der Waals surface area contributed by atoms with Crippen LogP contribution in [-0.2, 0) is 26.0 Å². The third-order valence-electron chi connectivity index (χ3n) is 5.35. The lowest BCUT2D eigenvalue weighted by molar-refractivity contribution is -0.122. The summed E-state index contributed by atoms with van der Waals surface area (Å²) in [5, 5.41) is 5.19. The van der Waals surface area contributed by atoms with Gasteiger partial charge in [0, 0.05) is 11.7 Å². The summed E-state index contributed by atoms with van der Waals surface area (Å²) < 4.78 is 39.4. The van der Waals surface area contributed by atoms with Gasteiger partial charge in [0.05, 0.1) is 24.2 Å². The smallest absolute Gasteiger partial charge is 0.338 e. The molecule has 10 heteroatoms. The van der Waals surface area contributed by atoms with Crippen LogP contribution in [-0.4, -0.2) is 46.7 Å². The van der Waals surface area contributed by atoms with Crippen LogP contribution in [0.3, 0.4) is 0 Å². The first-order valence-electron chi connectivity index (χ1n) is 10.6. The Kier molecular flexibility index (Phi) is 7.60. The number of ether oxygens (including phenoxy) is 3. The summed E-state index contributed by atoms with van der Waals surface area (Å²) in [5.74, 6) is -0.151. The molecule has 0 spiro atoms. The Balaban J connectivity index is 1.67. The van der Waals surface area contributed by atoms with Crippen LogP contribution in [0.5, 0.6) is 11.5 Å². The van der Waals surface area contributed by atoms with Crippen LogP contribution >= 0.6 is 0 Å². The van der Waals surface area contributed by atoms with E-state index in [2.05, 4.69) is 6.92 Å². The zero-order valence-electron chi connectivity index (χ0n) is 18.9. The van der Waals surface area contributed by atoms with Crippen molar-refractivity contribution >= 4 is 27.6 Å². The highest BCUT2D eigenvalue weighted by molar-refractivity contribution is 7.89. The standard InChI is InChI=1S/C23H28N2O7S/c1-4-5-10-31-20-9-6-16(13-21(20)30-3)23(27)32-14-22(26)25-15(2)11-17-12-18(33(24,28)29)7-8-19(17)25/h6-9,12-13,15H,4-5,10-11,14H2,1-3H3,(H2,24,28,29). The van der Waals surface area contributed by atoms with Gasteiger partial charge in [0.25, 0.3) is 5.91 Å². The van der Waals surface area contributed by atoms with Crippen molar-refractivity contribution in [3.8, 4) is 11.5 Å². The maximum Gasteiger partial charge on any atom is 0.338 e. The summed E-state index contributed by atoms with van der Waals surface area (Å²) in [6.07, 6.45) is 2.36. The number of sulfonamides is 1. The third kappa shape index (κ3) is 5.63. The molecule has 0 fully saturated rings. The Morgan fingerprint density at radius 1 is 1.15 bits per heavy atom. The SMILES string of the molecule is CCCCOc1ccc(C(=O)OCC(=O)N2c3ccc(S(N)(=O)=O)cc3CC2C)cc1OC. The average Bonchev–Trinajstić information content (AvgIpc) is 3.11. The molecule has 33 heavy (non-hydrogen) atoms. The van der Waals surface area contributed by atoms with E-state index in [-0.39, 0.29) is 16.5 Å². The predicted octanol–water partition coefficient (Wildman–Crippen LogP) is 2.66. The maximum atomic E-state index is 12.8. The molecule has 0 aliphatic carbocycles. The Morgan fingerprint density at radius 2 is 1.91 bits per heavy atom. The average molecular weight is 477 g/mol. The van der Waals surface area contributed by atoms with E-state index in [0.717, 1.165) is 12.8 Å². The Morgan fingerprint density at radius 3 is 2.58 bits per heavy atom. The van der Waals surface area contributed by atoms with Gasteiger partial charge in [-0.3, -0.25) is 4.79 Å². The van der Waals surface area contributed by atoms with Gasteiger partial charge in [-0.05, 0) is 61.7 Å². The second-order valence-corrected chi connectivity index (χ2v) is 9.36. The van der Waals surface area contributed by atoms with E-state index >= 15 is 0 Å². The number of benzene rings is 2. The van der Waals surface area contributed by atoms with Crippen LogP contribution in [0.25, 0.3) is 0 Å². The number of carbonyl (C=O) groups excluding carboxylic acids is 2. The number of nitrogens with zero attached hydrogens (tertiary/aromatic N) is 1. The van der Waals surface area contributed by atoms with Crippen molar-refractivity contribution in [2.75, 3.05) is 25.2 Å². The summed E-state index contributed by atoms with van der Waals surface area (Å²) in [5.41, 5.74) is 1.50. The number of carbonyl (C=O) groups is 2. The second-order valence-electron chi connectivity index (χ2n) is 7.80. The number of esters is 1. The highest BCUT2D eigenvalue weighted by atomic mass is 32.2. The molecule has 0 saturated heterocycles. The number of primary sulfonamides is 1. The van der Waals surface area contributed by atoms with Gasteiger partial charge in [0.15, 0.2) is 18.1 Å². The number of methoxy groups -OCH3 is 1. The minimum Gasteiger partial charge on any atom is -0.493 e. The first-order valence-corrected chi connectivity index (χ1v) is 12.2. The molecule has 1 unspecified atom stereocenters. The van der Waals surface area contributed by atoms with Gasteiger partial charge in [0.1, 0.15) is 0 Å². The van der Waals surface area contributed by atoms with Gasteiger partial charge in [-0.1, -0.05) is 13.3 Å². The summed E-state index contributed by atoms with van der Waals surface area (Å²) in [7, 11) is -2.36. The van der Waals surface area contributed by atoms with Crippen molar-refractivity contribution in [3.05, 3.63) is 47.5 Å². The lowest BCUT2D eigenvalue weighted by Gasteiger charge is -2.22. The van der Waals surface area contributed by atoms with E-state index < -0.39 is 28.5 Å². The number of fused-ring (bicyclic) bond motifs is 1. The fourth-order valence-electron chi connectivity index (χ4n) is 3.68. The monoisotopic (exact) mass is 476 g/mol. The van der Waals surface area contributed by atoms with E-state index in [4.69, 9.17) is 19.3 Å². The molecule has 1 aliphatic rings. The van der Waals surface area contributed by atoms with Crippen LogP contribution < -0.4 is 19.5 Å². The molecule has 0 radical (unpaired) electrons. The predicted molar refractivity (Wildman–Crippen MR) is 122 cm³/mol. The van der Waals surface area contributed by atoms with Crippen LogP contribution in [0, 0.1) is 0 Å². The number of hydrogen-bond donors (Lipinski definition) is 1. The highest BCUT2D eigenvalue weighted by Gasteiger charge is 2.32. The Labute approximate surface area is 193 Å². The van der Waals surface area contributed by atoms with Crippen LogP contribution in [0.15, 0.2) is 41.3 Å². The van der Waals surface area contributed by atoms with E-state index in [9.17, 15) is 18.0 Å². The molecule has 1 amide bonds. The molecule has 0 bridgehead atoms. The van der Waals surface area contributed by atoms with Crippen molar-refractivity contribution < 1.29 is 32.2 Å². The molecule has 0 saturated carbocycles. The van der Waals surface area contributed by atoms with Crippen molar-refractivity contribution in [1.29, 1.82) is 0 Å². The molecule has 2 N–H and O–H groups in total. The minimum atomic E-state index is -3.84. The summed E-state index contributed by atoms with van der Waals surface area (Å²) in [6.45, 7) is 3.97. The minimum absolute atomic E-state index is 0.00903. The molecule has 2 aromatic rings. The highest BCUT2D eigenvalue weighted by Crippen LogP contribution is 2.34. The van der Waals surface area contributed by atoms with Crippen molar-refractivity contribution in [3.63, 3.8) is 0 Å². The molecular weight excluding hydrogens is 448 g/mol. The van der Waals surface area contributed by atoms with Gasteiger partial charge < -0.3 is 19.1 Å². The molecular formula is C23H28N2O7S. The Hall–Kier alpha value is -3.11. The van der Waals surface area contributed by atoms with Gasteiger partial charge in [-0.2, -0.15) is 0 Å². The molecule has 1 heterocycles. The lowest BCUT2D eigenvalue weighted by Crippen LogP contribution is -2.38. The van der Waals surface area contributed by atoms with Crippen LogP contribution in [0.4, 0.5) is 5.69 Å². The molecule has 1 aliphatic heterocycles. The van der Waals surface area contributed by atoms with E-state index in [0.29, 0.717) is 35.8 Å². The molecule has 3 rings (SSSR count). The Bertz CT molecular complexity index is 1150. The molecule has 9 nitrogen and oxygen atoms in total. The van der Waals surface area contributed by atoms with Gasteiger partial charge in [-0.15, -0.1) is 0 Å². The van der Waals surface area contributed by atoms with Crippen molar-refractivity contribution in [1.82, 2.24) is 0 Å². The van der Waals surface area contributed by atoms with E-state index in [1.165, 1.54) is 30.2 Å². The molecule has 2 aromatic carbocycles. The summed E-state index contributed by atoms with van der Waals surface area (Å²) in [4.78, 5) is 26.8. The molecule has 1 atom stereocenters. The zero-order valence-corrected chi connectivity index (χ0v) is 19.7. The number of anilines is 1. The first kappa shape index (κ1) is 24.5. The fourth-order valence-corrected chi connectivity index (χ4v) is 4.25. The number of unbranched alkanes of at least 4 members (excludes halogenated alkanes) is 1. The number of nitrogens with two attached hydrogens (primary N) is 1. The second kappa shape index (κ2) is 10.2. The van der Waals surface area contributed by atoms with E-state index in [1.54, 1.807) is 18.2 Å². The first-order chi connectivity index (χ1) is 15.7. The largest absolute Gasteiger partial charge is 0.493 e. The van der Waals surface area contributed by atoms with Gasteiger partial charge in [-0.25, -0.2) is 18.4 Å². The van der Waals surface area contributed by atoms with Gasteiger partial charge >= 0.3 is 5.97 Å². The van der Waals surface area contributed by atoms with Crippen molar-refractivity contribution in [2.24, 2.45) is 5.14 Å². The molecule has 0 aromatic heterocycles. The quantitative estimate of drug-likeness (QED) is 0.436. The van der Waals surface area contributed by atoms with E-state index in [1.807, 2.05) is 6.92 Å². The van der Waals surface area contributed by atoms with Crippen LogP contribution in [0.1, 0.15) is 42.6 Å². The topological polar surface area (TPSA) is 125 Å². The van der Waals surface area contributed by atoms with Gasteiger partial charge in [0.2, 0.25) is 10.0 Å². The summed E-state index contributed by atoms with van der Waals surface area (Å²) >= 11 is 0. The van der Waals surface area contributed by atoms with Crippen LogP contribution in [0.2, 0.25) is 0 Å². The zero-order chi connectivity index (χ0) is 24.2. The van der Waals surface area contributed by atoms with Crippen molar-refractivity contribution in [2.45, 2.75) is 44.0 Å². The number of hydrogen-bond acceptors (Lipinski definition) is 7. The number of rotatable bonds is 9. The number of amides is 1. The molecule has 178 valence electrons. The third-order valence-corrected chi connectivity index (χ3v) is 6.26. The summed E-state index contributed by atoms with van der Waals surface area (Å²) in [6, 6.07) is 8.85. The lowest BCUT2D eigenvalue weighted by atomic mass is 10.1. The maximum absolute atomic E-state index is 12.8. The normalized spacial score (nSPS) is 15.2.